The van der Waals surface area contributed by atoms with Crippen molar-refractivity contribution in [2.24, 2.45) is 22.1 Å². The third-order valence-electron chi connectivity index (χ3n) is 5.94. The molecular weight excluding hydrogens is 330 g/mol. The van der Waals surface area contributed by atoms with E-state index in [9.17, 15) is 0 Å². The molecule has 1 aromatic carbocycles. The predicted octanol–water partition coefficient (Wildman–Crippen LogP) is 2.95. The summed E-state index contributed by atoms with van der Waals surface area (Å²) >= 11 is 0. The summed E-state index contributed by atoms with van der Waals surface area (Å²) in [6, 6.07) is 6.04. The normalized spacial score (nSPS) is 24.7. The van der Waals surface area contributed by atoms with Gasteiger partial charge in [-0.25, -0.2) is 4.99 Å². The third kappa shape index (κ3) is 3.61. The van der Waals surface area contributed by atoms with Crippen molar-refractivity contribution in [2.45, 2.75) is 52.3 Å². The number of ether oxygens (including phenoxy) is 3. The molecule has 1 aliphatic rings. The number of nitrogens with zero attached hydrogens (tertiary/aromatic N) is 1. The summed E-state index contributed by atoms with van der Waals surface area (Å²) in [5.41, 5.74) is 7.30. The summed E-state index contributed by atoms with van der Waals surface area (Å²) in [5.74, 6) is 2.27. The molecule has 146 valence electrons. The zero-order chi connectivity index (χ0) is 19.3. The van der Waals surface area contributed by atoms with Crippen LogP contribution < -0.4 is 20.5 Å². The summed E-state index contributed by atoms with van der Waals surface area (Å²) in [5, 5.41) is 3.44. The Morgan fingerprint density at radius 3 is 2.35 bits per heavy atom. The topological polar surface area (TPSA) is 78.1 Å². The van der Waals surface area contributed by atoms with Gasteiger partial charge in [-0.05, 0) is 30.5 Å². The third-order valence-corrected chi connectivity index (χ3v) is 5.94. The van der Waals surface area contributed by atoms with Gasteiger partial charge in [0.25, 0.3) is 0 Å². The van der Waals surface area contributed by atoms with Crippen molar-refractivity contribution in [3.8, 4) is 11.5 Å². The number of benzene rings is 1. The van der Waals surface area contributed by atoms with E-state index in [2.05, 4.69) is 31.1 Å². The molecule has 3 atom stereocenters. The number of nitrogens with two attached hydrogens (primary N) is 1. The predicted molar refractivity (Wildman–Crippen MR) is 105 cm³/mol. The molecule has 0 aromatic heterocycles. The first-order valence-corrected chi connectivity index (χ1v) is 9.27. The van der Waals surface area contributed by atoms with E-state index in [0.717, 1.165) is 18.4 Å². The highest BCUT2D eigenvalue weighted by Gasteiger charge is 2.58. The number of rotatable bonds is 8. The van der Waals surface area contributed by atoms with Gasteiger partial charge in [-0.2, -0.15) is 0 Å². The van der Waals surface area contributed by atoms with Gasteiger partial charge in [0.05, 0.1) is 26.9 Å². The van der Waals surface area contributed by atoms with Gasteiger partial charge >= 0.3 is 0 Å². The minimum atomic E-state index is 0.109. The fourth-order valence-corrected chi connectivity index (χ4v) is 4.46. The van der Waals surface area contributed by atoms with Gasteiger partial charge < -0.3 is 25.3 Å². The number of guanidine groups is 1. The maximum absolute atomic E-state index is 6.18. The maximum Gasteiger partial charge on any atom is 0.189 e. The molecule has 1 aliphatic carbocycles. The van der Waals surface area contributed by atoms with E-state index in [1.165, 1.54) is 0 Å². The van der Waals surface area contributed by atoms with Crippen molar-refractivity contribution in [1.82, 2.24) is 5.32 Å². The van der Waals surface area contributed by atoms with E-state index in [1.54, 1.807) is 21.3 Å². The van der Waals surface area contributed by atoms with E-state index in [-0.39, 0.29) is 17.6 Å². The number of aliphatic imine (C=N–C) groups is 1. The Hall–Kier alpha value is -1.95. The first-order chi connectivity index (χ1) is 12.5. The van der Waals surface area contributed by atoms with Crippen LogP contribution in [0.3, 0.4) is 0 Å². The maximum atomic E-state index is 6.18. The van der Waals surface area contributed by atoms with Crippen LogP contribution in [0.5, 0.6) is 11.5 Å². The quantitative estimate of drug-likeness (QED) is 0.548. The molecule has 0 spiro atoms. The Morgan fingerprint density at radius 1 is 1.15 bits per heavy atom. The van der Waals surface area contributed by atoms with Gasteiger partial charge in [-0.15, -0.1) is 0 Å². The molecule has 1 fully saturated rings. The first kappa shape index (κ1) is 20.4. The van der Waals surface area contributed by atoms with Crippen LogP contribution in [0.15, 0.2) is 23.2 Å². The molecule has 0 radical (unpaired) electrons. The van der Waals surface area contributed by atoms with E-state index in [4.69, 9.17) is 19.9 Å². The molecular formula is C20H33N3O3. The average Bonchev–Trinajstić information content (AvgIpc) is 2.67. The lowest BCUT2D eigenvalue weighted by Gasteiger charge is -2.59. The Morgan fingerprint density at radius 2 is 1.81 bits per heavy atom. The van der Waals surface area contributed by atoms with Crippen LogP contribution in [0, 0.1) is 11.3 Å². The lowest BCUT2D eigenvalue weighted by atomic mass is 9.53. The van der Waals surface area contributed by atoms with Gasteiger partial charge in [0.2, 0.25) is 0 Å². The lowest BCUT2D eigenvalue weighted by molar-refractivity contribution is -0.163. The fraction of sp³-hybridized carbons (Fsp3) is 0.650. The molecule has 0 heterocycles. The molecule has 3 N–H and O–H groups in total. The lowest BCUT2D eigenvalue weighted by Crippen LogP contribution is -2.70. The minimum absolute atomic E-state index is 0.109. The smallest absolute Gasteiger partial charge is 0.189 e. The van der Waals surface area contributed by atoms with Crippen molar-refractivity contribution in [3.05, 3.63) is 23.8 Å². The molecule has 26 heavy (non-hydrogen) atoms. The highest BCUT2D eigenvalue weighted by atomic mass is 16.5. The molecule has 0 aliphatic heterocycles. The first-order valence-electron chi connectivity index (χ1n) is 9.27. The number of methoxy groups -OCH3 is 3. The molecule has 1 aromatic rings. The van der Waals surface area contributed by atoms with E-state index >= 15 is 0 Å². The number of hydrogen-bond acceptors (Lipinski definition) is 4. The molecule has 1 saturated carbocycles. The highest BCUT2D eigenvalue weighted by Crippen LogP contribution is 2.52. The molecule has 0 bridgehead atoms. The van der Waals surface area contributed by atoms with Crippen molar-refractivity contribution < 1.29 is 14.2 Å². The van der Waals surface area contributed by atoms with Crippen LogP contribution in [0.1, 0.15) is 39.2 Å². The summed E-state index contributed by atoms with van der Waals surface area (Å²) < 4.78 is 16.3. The van der Waals surface area contributed by atoms with Crippen molar-refractivity contribution >= 4 is 5.96 Å². The zero-order valence-electron chi connectivity index (χ0n) is 16.8. The Bertz CT molecular complexity index is 629. The van der Waals surface area contributed by atoms with E-state index < -0.39 is 0 Å². The average molecular weight is 364 g/mol. The van der Waals surface area contributed by atoms with Crippen molar-refractivity contribution in [2.75, 3.05) is 21.3 Å². The van der Waals surface area contributed by atoms with Gasteiger partial charge in [0, 0.05) is 24.5 Å². The molecule has 2 rings (SSSR count). The van der Waals surface area contributed by atoms with Gasteiger partial charge in [0.1, 0.15) is 0 Å². The summed E-state index contributed by atoms with van der Waals surface area (Å²) in [4.78, 5) is 4.51. The zero-order valence-corrected chi connectivity index (χ0v) is 16.8. The Labute approximate surface area is 157 Å². The summed E-state index contributed by atoms with van der Waals surface area (Å²) in [6.45, 7) is 7.12. The van der Waals surface area contributed by atoms with Crippen LogP contribution in [-0.4, -0.2) is 39.4 Å². The van der Waals surface area contributed by atoms with Crippen LogP contribution >= 0.6 is 0 Å². The van der Waals surface area contributed by atoms with Crippen LogP contribution in [0.25, 0.3) is 0 Å². The van der Waals surface area contributed by atoms with Gasteiger partial charge in [0.15, 0.2) is 17.5 Å². The fourth-order valence-electron chi connectivity index (χ4n) is 4.46. The largest absolute Gasteiger partial charge is 0.493 e. The molecule has 0 saturated heterocycles. The Balaban J connectivity index is 2.06. The number of hydrogen-bond donors (Lipinski definition) is 2. The molecule has 0 amide bonds. The van der Waals surface area contributed by atoms with Crippen molar-refractivity contribution in [1.29, 1.82) is 0 Å². The molecule has 6 heteroatoms. The van der Waals surface area contributed by atoms with Gasteiger partial charge in [-0.1, -0.05) is 26.8 Å². The second-order valence-corrected chi connectivity index (χ2v) is 6.97. The van der Waals surface area contributed by atoms with E-state index in [1.807, 2.05) is 18.2 Å². The highest BCUT2D eigenvalue weighted by molar-refractivity contribution is 5.78. The van der Waals surface area contributed by atoms with Crippen LogP contribution in [0.4, 0.5) is 0 Å². The molecule has 3 unspecified atom stereocenters. The monoisotopic (exact) mass is 363 g/mol. The SMILES string of the molecule is CCC1(CC)C(NC(N)=NCc2ccc(OC)c(OC)c2)C(C)C1OC. The van der Waals surface area contributed by atoms with Gasteiger partial charge in [-0.3, -0.25) is 0 Å². The molecule has 6 nitrogen and oxygen atoms in total. The van der Waals surface area contributed by atoms with Crippen molar-refractivity contribution in [3.63, 3.8) is 0 Å². The van der Waals surface area contributed by atoms with E-state index in [0.29, 0.717) is 29.9 Å². The summed E-state index contributed by atoms with van der Waals surface area (Å²) in [7, 11) is 5.05. The standard InChI is InChI=1S/C20H33N3O3/c1-7-20(8-2)17(13(3)18(20)26-6)23-19(21)22-12-14-9-10-15(24-4)16(11-14)25-5/h9-11,13,17-18H,7-8,12H2,1-6H3,(H3,21,22,23). The Kier molecular flexibility index (Phi) is 6.75. The number of nitrogens with one attached hydrogen (secondary N) is 1. The minimum Gasteiger partial charge on any atom is -0.493 e. The van der Waals surface area contributed by atoms with Crippen LogP contribution in [-0.2, 0) is 11.3 Å². The second kappa shape index (κ2) is 8.62. The van der Waals surface area contributed by atoms with Crippen LogP contribution in [0.2, 0.25) is 0 Å². The second-order valence-electron chi connectivity index (χ2n) is 6.97. The summed E-state index contributed by atoms with van der Waals surface area (Å²) in [6.07, 6.45) is 2.36.